The smallest absolute Gasteiger partial charge is 0.219 e. The minimum Gasteiger partial charge on any atom is -0.368 e. The molecule has 0 saturated heterocycles. The van der Waals surface area contributed by atoms with Gasteiger partial charge >= 0.3 is 0 Å². The van der Waals surface area contributed by atoms with Crippen molar-refractivity contribution in [1.82, 2.24) is 4.98 Å². The first-order valence-corrected chi connectivity index (χ1v) is 5.42. The average molecular weight is 222 g/mol. The van der Waals surface area contributed by atoms with E-state index >= 15 is 0 Å². The number of methoxy groups -OCH3 is 1. The molecule has 0 amide bonds. The molecule has 1 rings (SSSR count). The monoisotopic (exact) mass is 221 g/mol. The van der Waals surface area contributed by atoms with Gasteiger partial charge in [0.2, 0.25) is 9.84 Å². The van der Waals surface area contributed by atoms with Gasteiger partial charge in [-0.15, -0.1) is 0 Å². The first-order chi connectivity index (χ1) is 6.06. The SMILES string of the molecule is COCS(=O)(=O)c1ccc(Cl)cn1. The van der Waals surface area contributed by atoms with E-state index in [4.69, 9.17) is 11.6 Å². The van der Waals surface area contributed by atoms with Crippen LogP contribution in [0.5, 0.6) is 0 Å². The molecule has 1 aromatic heterocycles. The van der Waals surface area contributed by atoms with Crippen molar-refractivity contribution >= 4 is 21.4 Å². The average Bonchev–Trinajstić information content (AvgIpc) is 2.05. The highest BCUT2D eigenvalue weighted by atomic mass is 35.5. The highest BCUT2D eigenvalue weighted by molar-refractivity contribution is 7.91. The van der Waals surface area contributed by atoms with Crippen LogP contribution < -0.4 is 0 Å². The van der Waals surface area contributed by atoms with Gasteiger partial charge in [0.05, 0.1) is 5.02 Å². The van der Waals surface area contributed by atoms with Gasteiger partial charge < -0.3 is 4.74 Å². The van der Waals surface area contributed by atoms with Crippen molar-refractivity contribution < 1.29 is 13.2 Å². The van der Waals surface area contributed by atoms with Crippen molar-refractivity contribution in [3.63, 3.8) is 0 Å². The van der Waals surface area contributed by atoms with E-state index in [1.807, 2.05) is 0 Å². The topological polar surface area (TPSA) is 56.3 Å². The molecule has 0 aliphatic carbocycles. The Kier molecular flexibility index (Phi) is 3.24. The third-order valence-electron chi connectivity index (χ3n) is 1.29. The number of aromatic nitrogens is 1. The fraction of sp³-hybridized carbons (Fsp3) is 0.286. The molecule has 0 saturated carbocycles. The molecule has 13 heavy (non-hydrogen) atoms. The molecule has 0 atom stereocenters. The van der Waals surface area contributed by atoms with Crippen LogP contribution in [0.1, 0.15) is 0 Å². The lowest BCUT2D eigenvalue weighted by atomic mass is 10.5. The summed E-state index contributed by atoms with van der Waals surface area (Å²) in [6.45, 7) is 0. The summed E-state index contributed by atoms with van der Waals surface area (Å²) in [5.74, 6) is -0.373. The molecule has 0 fully saturated rings. The maximum atomic E-state index is 11.3. The Labute approximate surface area is 81.4 Å². The van der Waals surface area contributed by atoms with Gasteiger partial charge in [0.1, 0.15) is 0 Å². The van der Waals surface area contributed by atoms with Crippen molar-refractivity contribution in [2.45, 2.75) is 5.03 Å². The zero-order valence-corrected chi connectivity index (χ0v) is 8.47. The van der Waals surface area contributed by atoms with Crippen LogP contribution in [0.3, 0.4) is 0 Å². The predicted octanol–water partition coefficient (Wildman–Crippen LogP) is 1.11. The van der Waals surface area contributed by atoms with Gasteiger partial charge in [-0.05, 0) is 12.1 Å². The van der Waals surface area contributed by atoms with E-state index in [1.54, 1.807) is 0 Å². The highest BCUT2D eigenvalue weighted by Crippen LogP contribution is 2.11. The van der Waals surface area contributed by atoms with Crippen molar-refractivity contribution in [2.75, 3.05) is 13.0 Å². The minimum atomic E-state index is -3.42. The zero-order chi connectivity index (χ0) is 9.90. The Hall–Kier alpha value is -0.650. The van der Waals surface area contributed by atoms with E-state index in [9.17, 15) is 8.42 Å². The van der Waals surface area contributed by atoms with Gasteiger partial charge in [0.15, 0.2) is 11.0 Å². The van der Waals surface area contributed by atoms with Crippen LogP contribution in [0.4, 0.5) is 0 Å². The summed E-state index contributed by atoms with van der Waals surface area (Å²) in [4.78, 5) is 3.67. The Balaban J connectivity index is 3.02. The van der Waals surface area contributed by atoms with Gasteiger partial charge in [0.25, 0.3) is 0 Å². The molecule has 0 bridgehead atoms. The number of pyridine rings is 1. The second kappa shape index (κ2) is 4.04. The summed E-state index contributed by atoms with van der Waals surface area (Å²) in [5.41, 5.74) is 0. The molecule has 4 nitrogen and oxygen atoms in total. The quantitative estimate of drug-likeness (QED) is 0.768. The van der Waals surface area contributed by atoms with Crippen molar-refractivity contribution in [1.29, 1.82) is 0 Å². The van der Waals surface area contributed by atoms with Gasteiger partial charge in [-0.1, -0.05) is 11.6 Å². The molecule has 1 heterocycles. The van der Waals surface area contributed by atoms with Crippen LogP contribution in [0.15, 0.2) is 23.4 Å². The minimum absolute atomic E-state index is 0.0289. The molecule has 0 N–H and O–H groups in total. The molecular weight excluding hydrogens is 214 g/mol. The lowest BCUT2D eigenvalue weighted by Crippen LogP contribution is -2.09. The van der Waals surface area contributed by atoms with Crippen LogP contribution in [-0.2, 0) is 14.6 Å². The molecule has 0 unspecified atom stereocenters. The fourth-order valence-electron chi connectivity index (χ4n) is 0.762. The van der Waals surface area contributed by atoms with Gasteiger partial charge in [-0.3, -0.25) is 0 Å². The Morgan fingerprint density at radius 2 is 2.23 bits per heavy atom. The number of hydrogen-bond acceptors (Lipinski definition) is 4. The van der Waals surface area contributed by atoms with Crippen molar-refractivity contribution in [3.8, 4) is 0 Å². The molecule has 0 radical (unpaired) electrons. The maximum Gasteiger partial charge on any atom is 0.219 e. The molecule has 72 valence electrons. The van der Waals surface area contributed by atoms with E-state index < -0.39 is 9.84 Å². The van der Waals surface area contributed by atoms with E-state index in [0.29, 0.717) is 5.02 Å². The fourth-order valence-corrected chi connectivity index (χ4v) is 1.79. The van der Waals surface area contributed by atoms with E-state index in [2.05, 4.69) is 9.72 Å². The Morgan fingerprint density at radius 3 is 2.69 bits per heavy atom. The number of sulfone groups is 1. The van der Waals surface area contributed by atoms with Gasteiger partial charge in [-0.2, -0.15) is 0 Å². The number of rotatable bonds is 3. The molecule has 0 spiro atoms. The number of halogens is 1. The third-order valence-corrected chi connectivity index (χ3v) is 2.94. The lowest BCUT2D eigenvalue weighted by molar-refractivity contribution is 0.249. The van der Waals surface area contributed by atoms with Crippen molar-refractivity contribution in [3.05, 3.63) is 23.4 Å². The second-order valence-electron chi connectivity index (χ2n) is 2.34. The Bertz CT molecular complexity index is 373. The van der Waals surface area contributed by atoms with Crippen LogP contribution in [0.2, 0.25) is 5.02 Å². The van der Waals surface area contributed by atoms with E-state index in [1.165, 1.54) is 25.4 Å². The number of hydrogen-bond donors (Lipinski definition) is 0. The third kappa shape index (κ3) is 2.65. The predicted molar refractivity (Wildman–Crippen MR) is 48.3 cm³/mol. The lowest BCUT2D eigenvalue weighted by Gasteiger charge is -2.00. The summed E-state index contributed by atoms with van der Waals surface area (Å²) in [5, 5.41) is 0.370. The summed E-state index contributed by atoms with van der Waals surface area (Å²) in [6, 6.07) is 2.81. The number of ether oxygens (including phenoxy) is 1. The second-order valence-corrected chi connectivity index (χ2v) is 4.66. The first kappa shape index (κ1) is 10.4. The maximum absolute atomic E-state index is 11.3. The van der Waals surface area contributed by atoms with Crippen LogP contribution >= 0.6 is 11.6 Å². The summed E-state index contributed by atoms with van der Waals surface area (Å²) in [7, 11) is -2.11. The molecule has 1 aromatic rings. The molecule has 0 aromatic carbocycles. The summed E-state index contributed by atoms with van der Waals surface area (Å²) in [6.07, 6.45) is 1.28. The van der Waals surface area contributed by atoms with E-state index in [-0.39, 0.29) is 11.0 Å². The normalized spacial score (nSPS) is 11.5. The molecule has 6 heteroatoms. The molecular formula is C7H8ClNO3S. The highest BCUT2D eigenvalue weighted by Gasteiger charge is 2.14. The number of nitrogens with zero attached hydrogens (tertiary/aromatic N) is 1. The first-order valence-electron chi connectivity index (χ1n) is 3.39. The Morgan fingerprint density at radius 1 is 1.54 bits per heavy atom. The van der Waals surface area contributed by atoms with Crippen LogP contribution in [-0.4, -0.2) is 26.5 Å². The van der Waals surface area contributed by atoms with E-state index in [0.717, 1.165) is 0 Å². The van der Waals surface area contributed by atoms with Gasteiger partial charge in [-0.25, -0.2) is 13.4 Å². The van der Waals surface area contributed by atoms with Crippen LogP contribution in [0.25, 0.3) is 0 Å². The summed E-state index contributed by atoms with van der Waals surface area (Å²) >= 11 is 5.55. The molecule has 0 aliphatic rings. The largest absolute Gasteiger partial charge is 0.368 e. The van der Waals surface area contributed by atoms with Crippen LogP contribution in [0, 0.1) is 0 Å². The molecule has 0 aliphatic heterocycles. The standard InChI is InChI=1S/C7H8ClNO3S/c1-12-5-13(10,11)7-3-2-6(8)4-9-7/h2-4H,5H2,1H3. The zero-order valence-electron chi connectivity index (χ0n) is 6.90. The van der Waals surface area contributed by atoms with Crippen molar-refractivity contribution in [2.24, 2.45) is 0 Å². The summed E-state index contributed by atoms with van der Waals surface area (Å²) < 4.78 is 27.2. The van der Waals surface area contributed by atoms with Gasteiger partial charge in [0, 0.05) is 13.3 Å².